The number of hydrogen-bond donors (Lipinski definition) is 0. The minimum atomic E-state index is 0.623. The van der Waals surface area contributed by atoms with Gasteiger partial charge in [-0.2, -0.15) is 0 Å². The molecule has 0 amide bonds. The van der Waals surface area contributed by atoms with Crippen molar-refractivity contribution in [2.75, 3.05) is 0 Å². The van der Waals surface area contributed by atoms with E-state index in [4.69, 9.17) is 19.9 Å². The molecule has 0 N–H and O–H groups in total. The summed E-state index contributed by atoms with van der Waals surface area (Å²) in [7, 11) is 0. The van der Waals surface area contributed by atoms with E-state index in [9.17, 15) is 0 Å². The molecule has 0 aliphatic carbocycles. The van der Waals surface area contributed by atoms with Crippen LogP contribution in [0.1, 0.15) is 0 Å². The highest BCUT2D eigenvalue weighted by Gasteiger charge is 2.19. The third-order valence-corrected chi connectivity index (χ3v) is 12.2. The van der Waals surface area contributed by atoms with Gasteiger partial charge < -0.3 is 4.57 Å². The van der Waals surface area contributed by atoms with Crippen LogP contribution in [0, 0.1) is 0 Å². The fourth-order valence-corrected chi connectivity index (χ4v) is 9.50. The molecule has 0 fully saturated rings. The van der Waals surface area contributed by atoms with Crippen molar-refractivity contribution in [1.82, 2.24) is 29.1 Å². The van der Waals surface area contributed by atoms with Crippen molar-refractivity contribution >= 4 is 75.3 Å². The van der Waals surface area contributed by atoms with Gasteiger partial charge in [-0.1, -0.05) is 103 Å². The third-order valence-electron chi connectivity index (χ3n) is 11.0. The summed E-state index contributed by atoms with van der Waals surface area (Å²) in [4.78, 5) is 20.3. The first-order valence-electron chi connectivity index (χ1n) is 19.0. The zero-order valence-electron chi connectivity index (χ0n) is 30.4. The minimum absolute atomic E-state index is 0.623. The molecule has 0 spiro atoms. The SMILES string of the molecule is c1ccc(-c2nc(-c3ccc4sc5ccccc5c4c3)nc(-c3ccc4c5ccc(-n6c7ccccc7c7cccnc76)cc5n(-c5ccccc5)c4c3)n2)cc1. The molecule has 266 valence electrons. The number of rotatable bonds is 5. The Morgan fingerprint density at radius 3 is 1.77 bits per heavy atom. The smallest absolute Gasteiger partial charge is 0.164 e. The number of nitrogens with zero attached hydrogens (tertiary/aromatic N) is 6. The predicted molar refractivity (Wildman–Crippen MR) is 235 cm³/mol. The molecule has 6 nitrogen and oxygen atoms in total. The minimum Gasteiger partial charge on any atom is -0.309 e. The van der Waals surface area contributed by atoms with Gasteiger partial charge >= 0.3 is 0 Å². The second kappa shape index (κ2) is 12.5. The molecule has 7 heteroatoms. The summed E-state index contributed by atoms with van der Waals surface area (Å²) in [5.41, 5.74) is 9.18. The van der Waals surface area contributed by atoms with Gasteiger partial charge in [0.05, 0.1) is 16.6 Å². The maximum atomic E-state index is 5.20. The number of pyridine rings is 1. The maximum Gasteiger partial charge on any atom is 0.164 e. The van der Waals surface area contributed by atoms with Crippen molar-refractivity contribution in [3.63, 3.8) is 0 Å². The molecule has 7 aromatic carbocycles. The Bertz CT molecular complexity index is 3470. The van der Waals surface area contributed by atoms with Crippen LogP contribution in [0.4, 0.5) is 0 Å². The van der Waals surface area contributed by atoms with Crippen LogP contribution in [0.25, 0.3) is 109 Å². The van der Waals surface area contributed by atoms with Crippen LogP contribution in [-0.2, 0) is 0 Å². The maximum absolute atomic E-state index is 5.20. The van der Waals surface area contributed by atoms with Gasteiger partial charge in [0.25, 0.3) is 0 Å². The molecule has 5 heterocycles. The third kappa shape index (κ3) is 5.03. The van der Waals surface area contributed by atoms with Crippen molar-refractivity contribution < 1.29 is 0 Å². The summed E-state index contributed by atoms with van der Waals surface area (Å²) >= 11 is 1.81. The second-order valence-corrected chi connectivity index (χ2v) is 15.4. The summed E-state index contributed by atoms with van der Waals surface area (Å²) in [6, 6.07) is 61.9. The largest absolute Gasteiger partial charge is 0.309 e. The first-order valence-corrected chi connectivity index (χ1v) is 19.8. The highest BCUT2D eigenvalue weighted by Crippen LogP contribution is 2.39. The number of benzene rings is 7. The van der Waals surface area contributed by atoms with E-state index in [2.05, 4.69) is 161 Å². The van der Waals surface area contributed by atoms with Gasteiger partial charge in [0, 0.05) is 76.0 Å². The molecule has 0 saturated carbocycles. The number of para-hydroxylation sites is 2. The molecule has 12 rings (SSSR count). The number of thiophene rings is 1. The number of fused-ring (bicyclic) bond motifs is 9. The Morgan fingerprint density at radius 2 is 0.947 bits per heavy atom. The first-order chi connectivity index (χ1) is 28.2. The molecule has 0 bridgehead atoms. The average Bonchev–Trinajstić information content (AvgIpc) is 3.93. The Morgan fingerprint density at radius 1 is 0.351 bits per heavy atom. The van der Waals surface area contributed by atoms with Crippen molar-refractivity contribution in [2.45, 2.75) is 0 Å². The molecule has 12 aromatic rings. The standard InChI is InChI=1S/C50H30N6S/c1-3-12-31(13-4-1)47-52-48(32-22-26-46-41(28-32)39-17-8-10-20-45(39)57-46)54-49(53-47)33-21-24-37-38-25-23-35(30-44(38)55(43(37)29-33)34-14-5-2-6-15-34)56-42-19-9-7-16-36(42)40-18-11-27-51-50(40)56/h1-30H. The van der Waals surface area contributed by atoms with Crippen LogP contribution in [-0.4, -0.2) is 29.1 Å². The average molecular weight is 747 g/mol. The lowest BCUT2D eigenvalue weighted by atomic mass is 10.1. The topological polar surface area (TPSA) is 61.4 Å². The van der Waals surface area contributed by atoms with E-state index >= 15 is 0 Å². The highest BCUT2D eigenvalue weighted by atomic mass is 32.1. The Hall–Kier alpha value is -7.48. The summed E-state index contributed by atoms with van der Waals surface area (Å²) in [5, 5.41) is 7.09. The van der Waals surface area contributed by atoms with Crippen molar-refractivity contribution in [3.05, 3.63) is 182 Å². The van der Waals surface area contributed by atoms with Gasteiger partial charge in [-0.25, -0.2) is 19.9 Å². The molecule has 0 saturated heterocycles. The highest BCUT2D eigenvalue weighted by molar-refractivity contribution is 7.25. The normalized spacial score (nSPS) is 11.9. The van der Waals surface area contributed by atoms with Crippen LogP contribution >= 0.6 is 11.3 Å². The Balaban J connectivity index is 1.08. The van der Waals surface area contributed by atoms with Crippen molar-refractivity contribution in [1.29, 1.82) is 0 Å². The van der Waals surface area contributed by atoms with Gasteiger partial charge in [0.1, 0.15) is 5.65 Å². The van der Waals surface area contributed by atoms with E-state index in [-0.39, 0.29) is 0 Å². The van der Waals surface area contributed by atoms with Gasteiger partial charge in [-0.05, 0) is 72.8 Å². The van der Waals surface area contributed by atoms with Crippen LogP contribution < -0.4 is 0 Å². The summed E-state index contributed by atoms with van der Waals surface area (Å²) < 4.78 is 7.14. The first kappa shape index (κ1) is 31.8. The monoisotopic (exact) mass is 746 g/mol. The van der Waals surface area contributed by atoms with E-state index in [0.717, 1.165) is 66.4 Å². The van der Waals surface area contributed by atoms with E-state index in [1.807, 2.05) is 41.8 Å². The number of aromatic nitrogens is 6. The van der Waals surface area contributed by atoms with Crippen LogP contribution in [0.5, 0.6) is 0 Å². The van der Waals surface area contributed by atoms with E-state index < -0.39 is 0 Å². The van der Waals surface area contributed by atoms with Crippen LogP contribution in [0.2, 0.25) is 0 Å². The zero-order valence-corrected chi connectivity index (χ0v) is 31.2. The molecular formula is C50H30N6S. The molecule has 0 unspecified atom stereocenters. The lowest BCUT2D eigenvalue weighted by Crippen LogP contribution is -2.00. The van der Waals surface area contributed by atoms with Crippen LogP contribution in [0.3, 0.4) is 0 Å². The summed E-state index contributed by atoms with van der Waals surface area (Å²) in [6.45, 7) is 0. The molecule has 0 aliphatic heterocycles. The Labute approximate surface area is 330 Å². The summed E-state index contributed by atoms with van der Waals surface area (Å²) in [5.74, 6) is 1.90. The van der Waals surface area contributed by atoms with E-state index in [1.54, 1.807) is 0 Å². The van der Waals surface area contributed by atoms with Gasteiger partial charge in [0.2, 0.25) is 0 Å². The van der Waals surface area contributed by atoms with E-state index in [0.29, 0.717) is 17.5 Å². The molecule has 0 atom stereocenters. The van der Waals surface area contributed by atoms with E-state index in [1.165, 1.54) is 25.6 Å². The lowest BCUT2D eigenvalue weighted by molar-refractivity contribution is 1.07. The van der Waals surface area contributed by atoms with Gasteiger partial charge in [0.15, 0.2) is 17.5 Å². The Kier molecular flexibility index (Phi) is 7.00. The van der Waals surface area contributed by atoms with Crippen molar-refractivity contribution in [3.8, 4) is 45.5 Å². The number of hydrogen-bond acceptors (Lipinski definition) is 5. The molecule has 0 aliphatic rings. The predicted octanol–water partition coefficient (Wildman–Crippen LogP) is 12.8. The van der Waals surface area contributed by atoms with Gasteiger partial charge in [-0.15, -0.1) is 11.3 Å². The lowest BCUT2D eigenvalue weighted by Gasteiger charge is -2.11. The molecule has 0 radical (unpaired) electrons. The fourth-order valence-electron chi connectivity index (χ4n) is 8.41. The molecule has 57 heavy (non-hydrogen) atoms. The summed E-state index contributed by atoms with van der Waals surface area (Å²) in [6.07, 6.45) is 1.87. The molecular weight excluding hydrogens is 717 g/mol. The van der Waals surface area contributed by atoms with Crippen molar-refractivity contribution in [2.24, 2.45) is 0 Å². The fraction of sp³-hybridized carbons (Fsp3) is 0. The van der Waals surface area contributed by atoms with Gasteiger partial charge in [-0.3, -0.25) is 4.57 Å². The van der Waals surface area contributed by atoms with Crippen LogP contribution in [0.15, 0.2) is 182 Å². The zero-order chi connectivity index (χ0) is 37.5. The molecule has 5 aromatic heterocycles. The quantitative estimate of drug-likeness (QED) is 0.176. The second-order valence-electron chi connectivity index (χ2n) is 14.3.